The predicted molar refractivity (Wildman–Crippen MR) is 20.0 cm³/mol. The summed E-state index contributed by atoms with van der Waals surface area (Å²) in [5, 5.41) is 14.8. The van der Waals surface area contributed by atoms with Gasteiger partial charge in [-0.2, -0.15) is 0 Å². The first-order valence-corrected chi connectivity index (χ1v) is 1.11. The zero-order valence-electron chi connectivity index (χ0n) is 5.71. The van der Waals surface area contributed by atoms with E-state index >= 15 is 0 Å². The molecule has 0 aromatic rings. The van der Waals surface area contributed by atoms with E-state index in [1.807, 2.05) is 0 Å². The number of hydrogen-bond donors (Lipinski definition) is 2. The quantitative estimate of drug-likeness (QED) is 0.289. The fourth-order valence-electron chi connectivity index (χ4n) is 0. The molecule has 0 saturated heterocycles. The Morgan fingerprint density at radius 2 is 1.22 bits per heavy atom. The van der Waals surface area contributed by atoms with E-state index in [2.05, 4.69) is 0 Å². The van der Waals surface area contributed by atoms with E-state index < -0.39 is 11.9 Å². The molecule has 0 aromatic heterocycles. The molecule has 0 bridgehead atoms. The van der Waals surface area contributed by atoms with E-state index in [0.717, 1.165) is 0 Å². The maximum Gasteiger partial charge on any atom is 1.00 e. The minimum atomic E-state index is -1.82. The van der Waals surface area contributed by atoms with Crippen molar-refractivity contribution in [3.8, 4) is 0 Å². The molecule has 0 rings (SSSR count). The summed E-state index contributed by atoms with van der Waals surface area (Å²) in [5.74, 6) is -3.65. The molecule has 4 N–H and O–H groups in total. The number of hydrogen-bond acceptors (Lipinski definition) is 2. The van der Waals surface area contributed by atoms with E-state index in [0.29, 0.717) is 0 Å². The van der Waals surface area contributed by atoms with Crippen LogP contribution in [0, 0.1) is 0 Å². The van der Waals surface area contributed by atoms with Gasteiger partial charge in [-0.15, -0.1) is 0 Å². The van der Waals surface area contributed by atoms with Gasteiger partial charge in [-0.05, 0) is 0 Å². The van der Waals surface area contributed by atoms with Gasteiger partial charge in [0.2, 0.25) is 0 Å². The Balaban J connectivity index is -0.0000000208. The number of carbonyl (C=O) groups is 2. The zero-order valence-corrected chi connectivity index (χ0v) is 8.27. The van der Waals surface area contributed by atoms with Gasteiger partial charge in [0.1, 0.15) is 0 Å². The molecule has 0 spiro atoms. The van der Waals surface area contributed by atoms with Gasteiger partial charge in [-0.1, -0.05) is 0 Å². The molecule has 0 saturated carbocycles. The van der Waals surface area contributed by atoms with Crippen LogP contribution in [0.15, 0.2) is 0 Å². The second kappa shape index (κ2) is 11.4. The first kappa shape index (κ1) is 22.6. The van der Waals surface area contributed by atoms with Crippen LogP contribution < -0.4 is 29.6 Å². The number of carboxylic acid groups (broad SMARTS) is 2. The van der Waals surface area contributed by atoms with Gasteiger partial charge in [0.15, 0.2) is 0 Å². The van der Waals surface area contributed by atoms with Crippen LogP contribution in [0.25, 0.3) is 0 Å². The summed E-state index contributed by atoms with van der Waals surface area (Å²) in [6.45, 7) is 0. The van der Waals surface area contributed by atoms with Crippen molar-refractivity contribution in [1.82, 2.24) is 0 Å². The van der Waals surface area contributed by atoms with E-state index in [1.165, 1.54) is 0 Å². The Hall–Kier alpha value is 0.614. The summed E-state index contributed by atoms with van der Waals surface area (Å²) in [4.78, 5) is 18.2. The molecule has 0 unspecified atom stereocenters. The summed E-state index contributed by atoms with van der Waals surface area (Å²) in [7, 11) is 0. The topological polar surface area (TPSA) is 106 Å². The molecule has 0 amide bonds. The third-order valence-corrected chi connectivity index (χ3v) is 0.183. The summed E-state index contributed by atoms with van der Waals surface area (Å²) < 4.78 is 0. The van der Waals surface area contributed by atoms with Crippen LogP contribution >= 0.6 is 0 Å². The fourth-order valence-corrected chi connectivity index (χ4v) is 0. The smallest absolute Gasteiger partial charge is 1.00 e. The monoisotopic (exact) mass is 180 g/mol. The summed E-state index contributed by atoms with van der Waals surface area (Å²) in [6.07, 6.45) is 0. The molecule has 0 radical (unpaired) electrons. The Kier molecular flexibility index (Phi) is 28.7. The van der Waals surface area contributed by atoms with Crippen LogP contribution in [-0.2, 0) is 31.3 Å². The Bertz CT molecular complexity index is 85.6. The van der Waals surface area contributed by atoms with Gasteiger partial charge in [0.05, 0.1) is 0 Å². The molecule has 7 heteroatoms. The van der Waals surface area contributed by atoms with Gasteiger partial charge in [-0.3, -0.25) is 0 Å². The van der Waals surface area contributed by atoms with Crippen molar-refractivity contribution in [2.45, 2.75) is 0 Å². The van der Waals surface area contributed by atoms with Gasteiger partial charge in [0, 0.05) is 21.7 Å². The molecule has 0 atom stereocenters. The largest absolute Gasteiger partial charge is 1.00 e. The van der Waals surface area contributed by atoms with Crippen molar-refractivity contribution < 1.29 is 78.0 Å². The standard InChI is InChI=1S/C2H2O4.Na.H2O.Ti.H/c3-1(4)2(5)6;;;;/h(H,3,4)(H,5,6);;1H2;;/q;+1;;;-1. The molecular weight excluding hydrogens is 175 g/mol. The minimum absolute atomic E-state index is 0. The first-order chi connectivity index (χ1) is 2.64. The van der Waals surface area contributed by atoms with Crippen molar-refractivity contribution in [2.24, 2.45) is 0 Å². The van der Waals surface area contributed by atoms with E-state index in [4.69, 9.17) is 19.8 Å². The minimum Gasteiger partial charge on any atom is -1.00 e. The summed E-state index contributed by atoms with van der Waals surface area (Å²) >= 11 is 0. The molecule has 0 aliphatic carbocycles. The van der Waals surface area contributed by atoms with Crippen molar-refractivity contribution in [1.29, 1.82) is 0 Å². The van der Waals surface area contributed by atoms with Crippen LogP contribution in [0.2, 0.25) is 0 Å². The second-order valence-electron chi connectivity index (χ2n) is 0.610. The first-order valence-electron chi connectivity index (χ1n) is 1.11. The molecule has 0 aliphatic rings. The van der Waals surface area contributed by atoms with Crippen LogP contribution in [0.4, 0.5) is 0 Å². The molecule has 0 aromatic carbocycles. The van der Waals surface area contributed by atoms with Gasteiger partial charge in [0.25, 0.3) is 0 Å². The Labute approximate surface area is 89.4 Å². The maximum atomic E-state index is 9.10. The van der Waals surface area contributed by atoms with Crippen LogP contribution in [0.5, 0.6) is 0 Å². The third-order valence-electron chi connectivity index (χ3n) is 0.183. The van der Waals surface area contributed by atoms with Gasteiger partial charge < -0.3 is 17.1 Å². The molecule has 0 heterocycles. The molecule has 0 aliphatic heterocycles. The summed E-state index contributed by atoms with van der Waals surface area (Å²) in [5.41, 5.74) is 0. The van der Waals surface area contributed by atoms with Crippen LogP contribution in [0.1, 0.15) is 1.43 Å². The molecule has 5 nitrogen and oxygen atoms in total. The molecule has 48 valence electrons. The Morgan fingerprint density at radius 1 is 1.11 bits per heavy atom. The molecule has 0 fully saturated rings. The predicted octanol–water partition coefficient (Wildman–Crippen LogP) is -4.56. The normalized spacial score (nSPS) is 4.89. The zero-order chi connectivity index (χ0) is 5.15. The van der Waals surface area contributed by atoms with Crippen LogP contribution in [0.3, 0.4) is 0 Å². The SMILES string of the molecule is O.O=C(O)C(=O)O.[H-].[Na+].[Ti]. The van der Waals surface area contributed by atoms with Gasteiger partial charge in [-0.25, -0.2) is 9.59 Å². The number of carboxylic acids is 2. The van der Waals surface area contributed by atoms with Gasteiger partial charge >= 0.3 is 41.5 Å². The van der Waals surface area contributed by atoms with Crippen LogP contribution in [-0.4, -0.2) is 27.6 Å². The van der Waals surface area contributed by atoms with E-state index in [9.17, 15) is 0 Å². The van der Waals surface area contributed by atoms with E-state index in [1.54, 1.807) is 0 Å². The second-order valence-corrected chi connectivity index (χ2v) is 0.610. The average molecular weight is 180 g/mol. The molecule has 9 heavy (non-hydrogen) atoms. The maximum absolute atomic E-state index is 9.10. The molecular formula is C2H5NaO5Ti. The van der Waals surface area contributed by atoms with Crippen molar-refractivity contribution >= 4 is 11.9 Å². The Morgan fingerprint density at radius 3 is 1.22 bits per heavy atom. The number of rotatable bonds is 0. The fraction of sp³-hybridized carbons (Fsp3) is 0. The van der Waals surface area contributed by atoms with Crippen molar-refractivity contribution in [2.75, 3.05) is 0 Å². The van der Waals surface area contributed by atoms with E-state index in [-0.39, 0.29) is 58.2 Å². The average Bonchev–Trinajstić information content (AvgIpc) is 1.36. The van der Waals surface area contributed by atoms with Crippen molar-refractivity contribution in [3.05, 3.63) is 0 Å². The van der Waals surface area contributed by atoms with Crippen molar-refractivity contribution in [3.63, 3.8) is 0 Å². The number of aliphatic carboxylic acids is 2. The summed E-state index contributed by atoms with van der Waals surface area (Å²) in [6, 6.07) is 0. The third kappa shape index (κ3) is 17.7.